The van der Waals surface area contributed by atoms with Crippen LogP contribution in [-0.2, 0) is 9.59 Å². The highest BCUT2D eigenvalue weighted by Gasteiger charge is 2.20. The molecule has 7 nitrogen and oxygen atoms in total. The van der Waals surface area contributed by atoms with E-state index in [0.717, 1.165) is 18.7 Å². The molecule has 1 aliphatic heterocycles. The maximum atomic E-state index is 11.9. The van der Waals surface area contributed by atoms with Gasteiger partial charge in [-0.25, -0.2) is 5.01 Å². The highest BCUT2D eigenvalue weighted by atomic mass is 16.2. The van der Waals surface area contributed by atoms with Gasteiger partial charge in [0.05, 0.1) is 11.4 Å². The van der Waals surface area contributed by atoms with Gasteiger partial charge in [0.1, 0.15) is 0 Å². The van der Waals surface area contributed by atoms with Crippen LogP contribution in [0.4, 0.5) is 11.4 Å². The van der Waals surface area contributed by atoms with Crippen molar-refractivity contribution in [3.05, 3.63) is 23.8 Å². The normalized spacial score (nSPS) is 16.5. The summed E-state index contributed by atoms with van der Waals surface area (Å²) in [5, 5.41) is 4.29. The highest BCUT2D eigenvalue weighted by Crippen LogP contribution is 2.19. The van der Waals surface area contributed by atoms with Gasteiger partial charge in [0.15, 0.2) is 0 Å². The number of amides is 2. The van der Waals surface area contributed by atoms with Gasteiger partial charge in [-0.05, 0) is 31.7 Å². The maximum Gasteiger partial charge on any atom is 0.323 e. The van der Waals surface area contributed by atoms with Crippen molar-refractivity contribution in [3.8, 4) is 0 Å². The zero-order valence-corrected chi connectivity index (χ0v) is 12.3. The molecule has 0 unspecified atom stereocenters. The lowest BCUT2D eigenvalue weighted by Crippen LogP contribution is -2.54. The average Bonchev–Trinajstić information content (AvgIpc) is 2.45. The Morgan fingerprint density at radius 1 is 1.14 bits per heavy atom. The minimum atomic E-state index is -0.716. The van der Waals surface area contributed by atoms with Crippen LogP contribution < -0.4 is 16.5 Å². The van der Waals surface area contributed by atoms with Gasteiger partial charge in [0.2, 0.25) is 0 Å². The molecule has 7 heteroatoms. The smallest absolute Gasteiger partial charge is 0.323 e. The number of rotatable bonds is 2. The fourth-order valence-corrected chi connectivity index (χ4v) is 2.07. The third-order valence-electron chi connectivity index (χ3n) is 3.43. The molecule has 1 aromatic rings. The van der Waals surface area contributed by atoms with Crippen LogP contribution in [0.15, 0.2) is 18.2 Å². The molecule has 4 N–H and O–H groups in total. The Hall–Kier alpha value is -2.12. The lowest BCUT2D eigenvalue weighted by atomic mass is 10.2. The van der Waals surface area contributed by atoms with Crippen molar-refractivity contribution in [3.63, 3.8) is 0 Å². The van der Waals surface area contributed by atoms with Gasteiger partial charge in [-0.3, -0.25) is 15.0 Å². The standard InChI is InChI=1S/C14H21N5O2/c1-10-3-4-11(15)12(9-10)16-13(20)14(21)17-19-7-5-18(2)6-8-19/h3-4,9H,5-8,15H2,1-2H3,(H,16,20)(H,17,21). The number of likely N-dealkylation sites (N-methyl/N-ethyl adjacent to an activating group) is 1. The molecular weight excluding hydrogens is 270 g/mol. The molecule has 0 atom stereocenters. The molecule has 1 aliphatic rings. The van der Waals surface area contributed by atoms with Crippen molar-refractivity contribution < 1.29 is 9.59 Å². The lowest BCUT2D eigenvalue weighted by Gasteiger charge is -2.32. The summed E-state index contributed by atoms with van der Waals surface area (Å²) in [5.74, 6) is -1.40. The van der Waals surface area contributed by atoms with Crippen molar-refractivity contribution in [2.75, 3.05) is 44.3 Å². The molecule has 0 saturated carbocycles. The number of aryl methyl sites for hydroxylation is 1. The van der Waals surface area contributed by atoms with Gasteiger partial charge >= 0.3 is 11.8 Å². The zero-order chi connectivity index (χ0) is 15.4. The SMILES string of the molecule is Cc1ccc(N)c(NC(=O)C(=O)NN2CCN(C)CC2)c1. The second kappa shape index (κ2) is 6.55. The number of anilines is 2. The second-order valence-corrected chi connectivity index (χ2v) is 5.28. The van der Waals surface area contributed by atoms with Gasteiger partial charge in [0.25, 0.3) is 0 Å². The van der Waals surface area contributed by atoms with Crippen LogP contribution in [0.2, 0.25) is 0 Å². The fraction of sp³-hybridized carbons (Fsp3) is 0.429. The summed E-state index contributed by atoms with van der Waals surface area (Å²) >= 11 is 0. The van der Waals surface area contributed by atoms with Crippen LogP contribution in [0, 0.1) is 6.92 Å². The summed E-state index contributed by atoms with van der Waals surface area (Å²) in [7, 11) is 2.02. The minimum Gasteiger partial charge on any atom is -0.397 e. The van der Waals surface area contributed by atoms with E-state index in [-0.39, 0.29) is 0 Å². The van der Waals surface area contributed by atoms with Gasteiger partial charge in [-0.1, -0.05) is 6.07 Å². The highest BCUT2D eigenvalue weighted by molar-refractivity contribution is 6.39. The number of hydrogen-bond acceptors (Lipinski definition) is 5. The van der Waals surface area contributed by atoms with Crippen molar-refractivity contribution >= 4 is 23.2 Å². The third-order valence-corrected chi connectivity index (χ3v) is 3.43. The van der Waals surface area contributed by atoms with E-state index >= 15 is 0 Å². The van der Waals surface area contributed by atoms with Crippen LogP contribution in [0.3, 0.4) is 0 Å². The summed E-state index contributed by atoms with van der Waals surface area (Å²) in [5.41, 5.74) is 10.2. The summed E-state index contributed by atoms with van der Waals surface area (Å²) in [6.07, 6.45) is 0. The molecule has 1 fully saturated rings. The molecule has 21 heavy (non-hydrogen) atoms. The number of benzene rings is 1. The number of piperazine rings is 1. The van der Waals surface area contributed by atoms with Gasteiger partial charge in [-0.15, -0.1) is 0 Å². The predicted octanol–water partition coefficient (Wildman–Crippen LogP) is -0.206. The van der Waals surface area contributed by atoms with Crippen LogP contribution in [0.1, 0.15) is 5.56 Å². The van der Waals surface area contributed by atoms with E-state index in [2.05, 4.69) is 15.6 Å². The van der Waals surface area contributed by atoms with Crippen molar-refractivity contribution in [1.82, 2.24) is 15.3 Å². The molecule has 0 spiro atoms. The zero-order valence-electron chi connectivity index (χ0n) is 12.3. The first kappa shape index (κ1) is 15.3. The molecule has 1 heterocycles. The van der Waals surface area contributed by atoms with E-state index in [1.807, 2.05) is 20.0 Å². The van der Waals surface area contributed by atoms with E-state index in [1.165, 1.54) is 0 Å². The van der Waals surface area contributed by atoms with Crippen molar-refractivity contribution in [2.45, 2.75) is 6.92 Å². The van der Waals surface area contributed by atoms with Crippen LogP contribution in [-0.4, -0.2) is 54.9 Å². The second-order valence-electron chi connectivity index (χ2n) is 5.28. The van der Waals surface area contributed by atoms with Gasteiger partial charge in [-0.2, -0.15) is 0 Å². The maximum absolute atomic E-state index is 11.9. The number of carbonyl (C=O) groups is 2. The van der Waals surface area contributed by atoms with E-state index in [4.69, 9.17) is 5.73 Å². The lowest BCUT2D eigenvalue weighted by molar-refractivity contribution is -0.139. The molecule has 0 bridgehead atoms. The Kier molecular flexibility index (Phi) is 4.77. The molecule has 0 aromatic heterocycles. The van der Waals surface area contributed by atoms with Crippen LogP contribution >= 0.6 is 0 Å². The topological polar surface area (TPSA) is 90.7 Å². The van der Waals surface area contributed by atoms with Crippen molar-refractivity contribution in [1.29, 1.82) is 0 Å². The summed E-state index contributed by atoms with van der Waals surface area (Å²) < 4.78 is 0. The first-order valence-corrected chi connectivity index (χ1v) is 6.87. The Morgan fingerprint density at radius 3 is 2.48 bits per heavy atom. The number of nitrogens with one attached hydrogen (secondary N) is 2. The first-order valence-electron chi connectivity index (χ1n) is 6.87. The Labute approximate surface area is 124 Å². The fourth-order valence-electron chi connectivity index (χ4n) is 2.07. The van der Waals surface area contributed by atoms with Gasteiger partial charge in [0, 0.05) is 26.2 Å². The largest absolute Gasteiger partial charge is 0.397 e. The first-order chi connectivity index (χ1) is 9.95. The molecule has 2 rings (SSSR count). The van der Waals surface area contributed by atoms with Crippen LogP contribution in [0.25, 0.3) is 0 Å². The molecule has 0 aliphatic carbocycles. The summed E-state index contributed by atoms with van der Waals surface area (Å²) in [4.78, 5) is 25.9. The molecule has 1 saturated heterocycles. The van der Waals surface area contributed by atoms with Gasteiger partial charge < -0.3 is 16.0 Å². The molecular formula is C14H21N5O2. The Balaban J connectivity index is 1.90. The number of nitrogen functional groups attached to an aromatic ring is 1. The van der Waals surface area contributed by atoms with Crippen LogP contribution in [0.5, 0.6) is 0 Å². The number of nitrogens with zero attached hydrogens (tertiary/aromatic N) is 2. The molecule has 0 radical (unpaired) electrons. The van der Waals surface area contributed by atoms with E-state index in [0.29, 0.717) is 24.5 Å². The molecule has 2 amide bonds. The number of hydrazine groups is 1. The summed E-state index contributed by atoms with van der Waals surface area (Å²) in [6, 6.07) is 5.27. The third kappa shape index (κ3) is 4.17. The monoisotopic (exact) mass is 291 g/mol. The van der Waals surface area contributed by atoms with Crippen molar-refractivity contribution in [2.24, 2.45) is 0 Å². The Morgan fingerprint density at radius 2 is 1.81 bits per heavy atom. The number of hydrogen-bond donors (Lipinski definition) is 3. The molecule has 114 valence electrons. The minimum absolute atomic E-state index is 0.432. The average molecular weight is 291 g/mol. The van der Waals surface area contributed by atoms with E-state index in [9.17, 15) is 9.59 Å². The number of nitrogens with two attached hydrogens (primary N) is 1. The molecule has 1 aromatic carbocycles. The predicted molar refractivity (Wildman–Crippen MR) is 81.4 cm³/mol. The van der Waals surface area contributed by atoms with E-state index < -0.39 is 11.8 Å². The quantitative estimate of drug-likeness (QED) is 0.518. The Bertz CT molecular complexity index is 538. The summed E-state index contributed by atoms with van der Waals surface area (Å²) in [6.45, 7) is 4.99. The number of carbonyl (C=O) groups excluding carboxylic acids is 2. The van der Waals surface area contributed by atoms with E-state index in [1.54, 1.807) is 17.1 Å².